The van der Waals surface area contributed by atoms with Crippen molar-refractivity contribution in [2.24, 2.45) is 11.5 Å². The van der Waals surface area contributed by atoms with Crippen molar-refractivity contribution in [3.63, 3.8) is 0 Å². The van der Waals surface area contributed by atoms with Gasteiger partial charge >= 0.3 is 0 Å². The topological polar surface area (TPSA) is 72.3 Å². The summed E-state index contributed by atoms with van der Waals surface area (Å²) in [6, 6.07) is 2.64. The molecule has 0 unspecified atom stereocenters. The van der Waals surface area contributed by atoms with Gasteiger partial charge in [0.05, 0.1) is 0 Å². The van der Waals surface area contributed by atoms with E-state index in [4.69, 9.17) is 11.5 Å². The SMILES string of the molecule is Cc1ccc([C@@H](N)CN)c(O)c1F.Cl. The fourth-order valence-corrected chi connectivity index (χ4v) is 1.11. The van der Waals surface area contributed by atoms with E-state index >= 15 is 0 Å². The van der Waals surface area contributed by atoms with Crippen LogP contribution in [0.15, 0.2) is 12.1 Å². The van der Waals surface area contributed by atoms with Gasteiger partial charge < -0.3 is 16.6 Å². The summed E-state index contributed by atoms with van der Waals surface area (Å²) in [4.78, 5) is 0. The van der Waals surface area contributed by atoms with Gasteiger partial charge in [0, 0.05) is 18.2 Å². The molecule has 14 heavy (non-hydrogen) atoms. The predicted octanol–water partition coefficient (Wildman–Crippen LogP) is 1.22. The van der Waals surface area contributed by atoms with E-state index in [-0.39, 0.29) is 19.0 Å². The number of hydrogen-bond acceptors (Lipinski definition) is 3. The molecule has 0 aliphatic carbocycles. The van der Waals surface area contributed by atoms with Crippen LogP contribution >= 0.6 is 12.4 Å². The molecule has 0 saturated carbocycles. The number of halogens is 2. The van der Waals surface area contributed by atoms with Crippen LogP contribution in [0.2, 0.25) is 0 Å². The van der Waals surface area contributed by atoms with E-state index in [0.29, 0.717) is 11.1 Å². The third kappa shape index (κ3) is 2.35. The Bertz CT molecular complexity index is 320. The van der Waals surface area contributed by atoms with Gasteiger partial charge in [0.25, 0.3) is 0 Å². The minimum absolute atomic E-state index is 0. The summed E-state index contributed by atoms with van der Waals surface area (Å²) in [5.74, 6) is -1.01. The lowest BCUT2D eigenvalue weighted by Crippen LogP contribution is -2.21. The molecule has 5 heteroatoms. The number of benzene rings is 1. The molecule has 80 valence electrons. The lowest BCUT2D eigenvalue weighted by Gasteiger charge is -2.12. The second-order valence-electron chi connectivity index (χ2n) is 2.98. The molecule has 5 N–H and O–H groups in total. The maximum Gasteiger partial charge on any atom is 0.168 e. The molecule has 0 spiro atoms. The van der Waals surface area contributed by atoms with Crippen molar-refractivity contribution in [2.75, 3.05) is 6.54 Å². The lowest BCUT2D eigenvalue weighted by molar-refractivity contribution is 0.419. The Morgan fingerprint density at radius 1 is 1.50 bits per heavy atom. The highest BCUT2D eigenvalue weighted by atomic mass is 35.5. The van der Waals surface area contributed by atoms with Gasteiger partial charge in [-0.25, -0.2) is 4.39 Å². The van der Waals surface area contributed by atoms with E-state index in [9.17, 15) is 9.50 Å². The van der Waals surface area contributed by atoms with Gasteiger partial charge in [0.15, 0.2) is 11.6 Å². The zero-order valence-electron chi connectivity index (χ0n) is 7.83. The molecule has 1 aromatic rings. The number of nitrogens with two attached hydrogens (primary N) is 2. The summed E-state index contributed by atoms with van der Waals surface area (Å²) >= 11 is 0. The zero-order chi connectivity index (χ0) is 10.0. The van der Waals surface area contributed by atoms with Crippen LogP contribution in [-0.2, 0) is 0 Å². The molecule has 1 atom stereocenters. The molecule has 0 radical (unpaired) electrons. The van der Waals surface area contributed by atoms with Gasteiger partial charge in [0.2, 0.25) is 0 Å². The van der Waals surface area contributed by atoms with Crippen molar-refractivity contribution in [3.05, 3.63) is 29.1 Å². The quantitative estimate of drug-likeness (QED) is 0.702. The largest absolute Gasteiger partial charge is 0.505 e. The maximum atomic E-state index is 13.1. The van der Waals surface area contributed by atoms with Gasteiger partial charge in [-0.2, -0.15) is 0 Å². The highest BCUT2D eigenvalue weighted by Gasteiger charge is 2.14. The molecule has 0 aliphatic heterocycles. The van der Waals surface area contributed by atoms with E-state index in [0.717, 1.165) is 0 Å². The van der Waals surface area contributed by atoms with Crippen LogP contribution in [0, 0.1) is 12.7 Å². The Hall–Kier alpha value is -0.840. The second-order valence-corrected chi connectivity index (χ2v) is 2.98. The van der Waals surface area contributed by atoms with Crippen LogP contribution in [-0.4, -0.2) is 11.7 Å². The monoisotopic (exact) mass is 220 g/mol. The molecule has 1 rings (SSSR count). The van der Waals surface area contributed by atoms with E-state index in [1.54, 1.807) is 19.1 Å². The number of phenolic OH excluding ortho intramolecular Hbond substituents is 1. The highest BCUT2D eigenvalue weighted by molar-refractivity contribution is 5.85. The van der Waals surface area contributed by atoms with Crippen LogP contribution in [0.5, 0.6) is 5.75 Å². The summed E-state index contributed by atoms with van der Waals surface area (Å²) in [6.07, 6.45) is 0. The van der Waals surface area contributed by atoms with Crippen molar-refractivity contribution in [1.82, 2.24) is 0 Å². The summed E-state index contributed by atoms with van der Waals surface area (Å²) in [5.41, 5.74) is 11.6. The molecule has 0 saturated heterocycles. The van der Waals surface area contributed by atoms with Gasteiger partial charge in [-0.3, -0.25) is 0 Å². The van der Waals surface area contributed by atoms with Crippen LogP contribution in [0.25, 0.3) is 0 Å². The minimum atomic E-state index is -0.624. The predicted molar refractivity (Wildman–Crippen MR) is 56.0 cm³/mol. The molecule has 0 aliphatic rings. The molecule has 0 bridgehead atoms. The minimum Gasteiger partial charge on any atom is -0.505 e. The molecule has 0 fully saturated rings. The first kappa shape index (κ1) is 13.2. The Balaban J connectivity index is 0.00000169. The Morgan fingerprint density at radius 2 is 2.07 bits per heavy atom. The standard InChI is InChI=1S/C9H13FN2O.ClH/c1-5-2-3-6(7(12)4-11)9(13)8(5)10;/h2-3,7,13H,4,11-12H2,1H3;1H/t7-;/m0./s1. The van der Waals surface area contributed by atoms with Crippen molar-refractivity contribution in [1.29, 1.82) is 0 Å². The van der Waals surface area contributed by atoms with Crippen molar-refractivity contribution in [2.45, 2.75) is 13.0 Å². The van der Waals surface area contributed by atoms with Gasteiger partial charge in [0.1, 0.15) is 0 Å². The summed E-state index contributed by atoms with van der Waals surface area (Å²) in [6.45, 7) is 1.75. The fourth-order valence-electron chi connectivity index (χ4n) is 1.11. The third-order valence-corrected chi connectivity index (χ3v) is 1.99. The van der Waals surface area contributed by atoms with Gasteiger partial charge in [-0.1, -0.05) is 12.1 Å². The molecule has 0 aromatic heterocycles. The smallest absolute Gasteiger partial charge is 0.168 e. The Kier molecular flexibility index (Phi) is 4.83. The van der Waals surface area contributed by atoms with E-state index in [1.807, 2.05) is 0 Å². The Labute approximate surface area is 88.3 Å². The number of hydrogen-bond donors (Lipinski definition) is 3. The normalized spacial score (nSPS) is 12.0. The zero-order valence-corrected chi connectivity index (χ0v) is 8.64. The molecule has 1 aromatic carbocycles. The summed E-state index contributed by atoms with van der Waals surface area (Å²) in [5, 5.41) is 9.37. The first-order chi connectivity index (χ1) is 6.07. The molecule has 0 heterocycles. The fraction of sp³-hybridized carbons (Fsp3) is 0.333. The maximum absolute atomic E-state index is 13.1. The Morgan fingerprint density at radius 3 is 2.57 bits per heavy atom. The van der Waals surface area contributed by atoms with Crippen molar-refractivity contribution >= 4 is 12.4 Å². The first-order valence-electron chi connectivity index (χ1n) is 4.01. The number of rotatable bonds is 2. The molecular formula is C9H14ClFN2O. The van der Waals surface area contributed by atoms with E-state index in [2.05, 4.69) is 0 Å². The van der Waals surface area contributed by atoms with Crippen LogP contribution < -0.4 is 11.5 Å². The lowest BCUT2D eigenvalue weighted by atomic mass is 10.0. The van der Waals surface area contributed by atoms with E-state index in [1.165, 1.54) is 0 Å². The van der Waals surface area contributed by atoms with Crippen LogP contribution in [0.3, 0.4) is 0 Å². The van der Waals surface area contributed by atoms with Crippen LogP contribution in [0.4, 0.5) is 4.39 Å². The van der Waals surface area contributed by atoms with Crippen molar-refractivity contribution in [3.8, 4) is 5.75 Å². The highest BCUT2D eigenvalue weighted by Crippen LogP contribution is 2.27. The summed E-state index contributed by atoms with van der Waals surface area (Å²) < 4.78 is 13.1. The molecular weight excluding hydrogens is 207 g/mol. The summed E-state index contributed by atoms with van der Waals surface area (Å²) in [7, 11) is 0. The van der Waals surface area contributed by atoms with Gasteiger partial charge in [-0.05, 0) is 12.5 Å². The number of aryl methyl sites for hydroxylation is 1. The second kappa shape index (κ2) is 5.14. The third-order valence-electron chi connectivity index (χ3n) is 1.99. The first-order valence-corrected chi connectivity index (χ1v) is 4.01. The molecule has 3 nitrogen and oxygen atoms in total. The average molecular weight is 221 g/mol. The average Bonchev–Trinajstić information content (AvgIpc) is 2.13. The number of phenols is 1. The van der Waals surface area contributed by atoms with Crippen molar-refractivity contribution < 1.29 is 9.50 Å². The molecule has 0 amide bonds. The van der Waals surface area contributed by atoms with Crippen LogP contribution in [0.1, 0.15) is 17.2 Å². The number of aromatic hydroxyl groups is 1. The van der Waals surface area contributed by atoms with E-state index < -0.39 is 17.6 Å². The van der Waals surface area contributed by atoms with Gasteiger partial charge in [-0.15, -0.1) is 12.4 Å².